The number of esters is 1. The first-order valence-electron chi connectivity index (χ1n) is 5.98. The number of ether oxygens (including phenoxy) is 3. The number of alkyl carbamates (subject to hydrolysis) is 1. The van der Waals surface area contributed by atoms with E-state index < -0.39 is 17.7 Å². The van der Waals surface area contributed by atoms with Crippen molar-refractivity contribution in [1.29, 1.82) is 0 Å². The molecule has 0 heterocycles. The minimum Gasteiger partial charge on any atom is -0.464 e. The van der Waals surface area contributed by atoms with E-state index in [1.54, 1.807) is 34.6 Å². The highest BCUT2D eigenvalue weighted by Gasteiger charge is 2.16. The Balaban J connectivity index is 3.73. The third-order valence-electron chi connectivity index (χ3n) is 1.72. The third-order valence-corrected chi connectivity index (χ3v) is 1.72. The van der Waals surface area contributed by atoms with Gasteiger partial charge in [0.05, 0.1) is 12.7 Å². The van der Waals surface area contributed by atoms with Crippen LogP contribution in [0, 0.1) is 0 Å². The van der Waals surface area contributed by atoms with Crippen LogP contribution >= 0.6 is 0 Å². The van der Waals surface area contributed by atoms with Gasteiger partial charge in [-0.2, -0.15) is 0 Å². The molecule has 1 atom stereocenters. The Hall–Kier alpha value is -1.30. The fourth-order valence-electron chi connectivity index (χ4n) is 1.01. The maximum absolute atomic E-state index is 11.3. The average molecular weight is 261 g/mol. The van der Waals surface area contributed by atoms with E-state index >= 15 is 0 Å². The van der Waals surface area contributed by atoms with Crippen LogP contribution in [0.25, 0.3) is 0 Å². The molecular weight excluding hydrogens is 238 g/mol. The first-order valence-corrected chi connectivity index (χ1v) is 5.98. The summed E-state index contributed by atoms with van der Waals surface area (Å²) >= 11 is 0. The number of hydrogen-bond donors (Lipinski definition) is 1. The highest BCUT2D eigenvalue weighted by Crippen LogP contribution is 2.06. The Morgan fingerprint density at radius 2 is 1.89 bits per heavy atom. The molecule has 0 aromatic rings. The topological polar surface area (TPSA) is 73.9 Å². The number of rotatable bonds is 6. The number of amides is 1. The third kappa shape index (κ3) is 9.89. The van der Waals surface area contributed by atoms with Crippen LogP contribution in [-0.4, -0.2) is 43.5 Å². The fraction of sp³-hybridized carbons (Fsp3) is 0.833. The fourth-order valence-corrected chi connectivity index (χ4v) is 1.01. The van der Waals surface area contributed by atoms with Crippen molar-refractivity contribution in [2.24, 2.45) is 0 Å². The van der Waals surface area contributed by atoms with Gasteiger partial charge in [-0.1, -0.05) is 0 Å². The normalized spacial score (nSPS) is 12.7. The molecular formula is C12H23NO5. The van der Waals surface area contributed by atoms with Crippen LogP contribution in [0.2, 0.25) is 0 Å². The van der Waals surface area contributed by atoms with Crippen LogP contribution in [0.5, 0.6) is 0 Å². The molecule has 0 rings (SSSR count). The summed E-state index contributed by atoms with van der Waals surface area (Å²) in [5.74, 6) is -0.415. The Labute approximate surface area is 108 Å². The van der Waals surface area contributed by atoms with E-state index in [9.17, 15) is 9.59 Å². The number of hydrogen-bond acceptors (Lipinski definition) is 5. The number of nitrogens with one attached hydrogen (secondary N) is 1. The predicted octanol–water partition coefficient (Wildman–Crippen LogP) is 1.48. The minimum absolute atomic E-state index is 0.120. The van der Waals surface area contributed by atoms with Crippen molar-refractivity contribution in [3.63, 3.8) is 0 Å². The zero-order chi connectivity index (χ0) is 14.2. The molecule has 0 saturated heterocycles. The monoisotopic (exact) mass is 261 g/mol. The molecule has 1 N–H and O–H groups in total. The highest BCUT2D eigenvalue weighted by atomic mass is 16.6. The van der Waals surface area contributed by atoms with Gasteiger partial charge in [0, 0.05) is 6.54 Å². The molecule has 0 radical (unpaired) electrons. The van der Waals surface area contributed by atoms with Crippen molar-refractivity contribution in [3.05, 3.63) is 0 Å². The smallest absolute Gasteiger partial charge is 0.407 e. The molecule has 1 unspecified atom stereocenters. The van der Waals surface area contributed by atoms with Gasteiger partial charge in [0.25, 0.3) is 0 Å². The molecule has 0 aromatic heterocycles. The molecule has 0 bridgehead atoms. The predicted molar refractivity (Wildman–Crippen MR) is 66.3 cm³/mol. The van der Waals surface area contributed by atoms with Crippen molar-refractivity contribution in [2.45, 2.75) is 46.3 Å². The largest absolute Gasteiger partial charge is 0.464 e. The van der Waals surface area contributed by atoms with Crippen molar-refractivity contribution >= 4 is 12.1 Å². The maximum Gasteiger partial charge on any atom is 0.407 e. The minimum atomic E-state index is -0.529. The summed E-state index contributed by atoms with van der Waals surface area (Å²) in [6, 6.07) is 0. The second-order valence-electron chi connectivity index (χ2n) is 4.81. The molecule has 0 fully saturated rings. The summed E-state index contributed by atoms with van der Waals surface area (Å²) < 4.78 is 15.0. The molecule has 18 heavy (non-hydrogen) atoms. The number of carbonyl (C=O) groups is 2. The van der Waals surface area contributed by atoms with E-state index in [1.807, 2.05) is 0 Å². The SMILES string of the molecule is CCOC(=O)COC(C)CNC(=O)OC(C)(C)C. The van der Waals surface area contributed by atoms with Gasteiger partial charge in [0.1, 0.15) is 12.2 Å². The van der Waals surface area contributed by atoms with Gasteiger partial charge in [0.15, 0.2) is 0 Å². The molecule has 0 aliphatic carbocycles. The second-order valence-corrected chi connectivity index (χ2v) is 4.81. The molecule has 0 aliphatic rings. The van der Waals surface area contributed by atoms with Gasteiger partial charge in [-0.05, 0) is 34.6 Å². The van der Waals surface area contributed by atoms with Crippen LogP contribution in [0.4, 0.5) is 4.79 Å². The zero-order valence-electron chi connectivity index (χ0n) is 11.7. The Kier molecular flexibility index (Phi) is 7.35. The highest BCUT2D eigenvalue weighted by molar-refractivity contribution is 5.70. The van der Waals surface area contributed by atoms with Crippen molar-refractivity contribution < 1.29 is 23.8 Å². The molecule has 0 saturated carbocycles. The van der Waals surface area contributed by atoms with Crippen LogP contribution in [-0.2, 0) is 19.0 Å². The first-order chi connectivity index (χ1) is 8.24. The molecule has 6 nitrogen and oxygen atoms in total. The molecule has 6 heteroatoms. The van der Waals surface area contributed by atoms with Crippen molar-refractivity contribution in [1.82, 2.24) is 5.32 Å². The summed E-state index contributed by atoms with van der Waals surface area (Å²) in [7, 11) is 0. The van der Waals surface area contributed by atoms with Crippen molar-refractivity contribution in [2.75, 3.05) is 19.8 Å². The standard InChI is InChI=1S/C12H23NO5/c1-6-16-10(14)8-17-9(2)7-13-11(15)18-12(3,4)5/h9H,6-8H2,1-5H3,(H,13,15). The molecule has 0 aliphatic heterocycles. The maximum atomic E-state index is 11.3. The lowest BCUT2D eigenvalue weighted by Crippen LogP contribution is -2.37. The average Bonchev–Trinajstić information content (AvgIpc) is 2.21. The Bertz CT molecular complexity index is 272. The van der Waals surface area contributed by atoms with Gasteiger partial charge in [-0.25, -0.2) is 9.59 Å². The van der Waals surface area contributed by atoms with Crippen LogP contribution < -0.4 is 5.32 Å². The summed E-state index contributed by atoms with van der Waals surface area (Å²) in [6.45, 7) is 9.31. The molecule has 0 spiro atoms. The van der Waals surface area contributed by atoms with Gasteiger partial charge in [-0.3, -0.25) is 0 Å². The summed E-state index contributed by atoms with van der Waals surface area (Å²) in [4.78, 5) is 22.3. The van der Waals surface area contributed by atoms with Crippen LogP contribution in [0.3, 0.4) is 0 Å². The lowest BCUT2D eigenvalue weighted by atomic mass is 10.2. The molecule has 106 valence electrons. The quantitative estimate of drug-likeness (QED) is 0.733. The van der Waals surface area contributed by atoms with E-state index in [0.29, 0.717) is 6.61 Å². The lowest BCUT2D eigenvalue weighted by molar-refractivity contribution is -0.150. The summed E-state index contributed by atoms with van der Waals surface area (Å²) in [6.07, 6.45) is -0.795. The summed E-state index contributed by atoms with van der Waals surface area (Å²) in [5.41, 5.74) is -0.529. The Morgan fingerprint density at radius 1 is 1.28 bits per heavy atom. The molecule has 1 amide bonds. The van der Waals surface area contributed by atoms with Gasteiger partial charge >= 0.3 is 12.1 Å². The Morgan fingerprint density at radius 3 is 2.39 bits per heavy atom. The van der Waals surface area contributed by atoms with Crippen LogP contribution in [0.15, 0.2) is 0 Å². The van der Waals surface area contributed by atoms with Crippen LogP contribution in [0.1, 0.15) is 34.6 Å². The summed E-state index contributed by atoms with van der Waals surface area (Å²) in [5, 5.41) is 2.56. The van der Waals surface area contributed by atoms with E-state index in [-0.39, 0.29) is 19.3 Å². The number of carbonyl (C=O) groups excluding carboxylic acids is 2. The van der Waals surface area contributed by atoms with E-state index in [2.05, 4.69) is 5.32 Å². The van der Waals surface area contributed by atoms with E-state index in [4.69, 9.17) is 14.2 Å². The first kappa shape index (κ1) is 16.7. The molecule has 0 aromatic carbocycles. The van der Waals surface area contributed by atoms with E-state index in [1.165, 1.54) is 0 Å². The second kappa shape index (κ2) is 7.92. The van der Waals surface area contributed by atoms with E-state index in [0.717, 1.165) is 0 Å². The van der Waals surface area contributed by atoms with Gasteiger partial charge in [-0.15, -0.1) is 0 Å². The zero-order valence-corrected chi connectivity index (χ0v) is 11.7. The van der Waals surface area contributed by atoms with Gasteiger partial charge in [0.2, 0.25) is 0 Å². The lowest BCUT2D eigenvalue weighted by Gasteiger charge is -2.20. The van der Waals surface area contributed by atoms with Gasteiger partial charge < -0.3 is 19.5 Å². The van der Waals surface area contributed by atoms with Crippen molar-refractivity contribution in [3.8, 4) is 0 Å².